The second-order valence-electron chi connectivity index (χ2n) is 5.34. The maximum atomic E-state index is 12.6. The van der Waals surface area contributed by atoms with Crippen LogP contribution in [0.5, 0.6) is 0 Å². The number of carboxylic acid groups (broad SMARTS) is 1. The van der Waals surface area contributed by atoms with Gasteiger partial charge in [0.25, 0.3) is 0 Å². The van der Waals surface area contributed by atoms with Gasteiger partial charge in [-0.2, -0.15) is 9.40 Å². The SMILES string of the molecule is CC(C)C1CCCN1S(=O)(=O)c1cnn(CC(=O)O)c1. The highest BCUT2D eigenvalue weighted by Crippen LogP contribution is 2.29. The highest BCUT2D eigenvalue weighted by atomic mass is 32.2. The molecule has 0 aromatic carbocycles. The van der Waals surface area contributed by atoms with E-state index in [0.717, 1.165) is 17.5 Å². The third-order valence-electron chi connectivity index (χ3n) is 3.53. The van der Waals surface area contributed by atoms with Crippen molar-refractivity contribution in [1.82, 2.24) is 14.1 Å². The number of nitrogens with zero attached hydrogens (tertiary/aromatic N) is 3. The third-order valence-corrected chi connectivity index (χ3v) is 5.41. The van der Waals surface area contributed by atoms with Crippen molar-refractivity contribution in [3.8, 4) is 0 Å². The van der Waals surface area contributed by atoms with Gasteiger partial charge in [-0.25, -0.2) is 8.42 Å². The summed E-state index contributed by atoms with van der Waals surface area (Å²) in [4.78, 5) is 10.7. The van der Waals surface area contributed by atoms with Crippen molar-refractivity contribution in [2.45, 2.75) is 44.2 Å². The van der Waals surface area contributed by atoms with E-state index < -0.39 is 16.0 Å². The predicted molar refractivity (Wildman–Crippen MR) is 71.6 cm³/mol. The molecule has 1 N–H and O–H groups in total. The maximum Gasteiger partial charge on any atom is 0.325 e. The molecule has 1 saturated heterocycles. The smallest absolute Gasteiger partial charge is 0.325 e. The summed E-state index contributed by atoms with van der Waals surface area (Å²) in [5, 5.41) is 12.5. The lowest BCUT2D eigenvalue weighted by atomic mass is 10.0. The number of sulfonamides is 1. The minimum absolute atomic E-state index is 0.00261. The molecule has 7 nitrogen and oxygen atoms in total. The number of hydrogen-bond acceptors (Lipinski definition) is 4. The zero-order chi connectivity index (χ0) is 14.9. The second kappa shape index (κ2) is 5.53. The Bertz CT molecular complexity index is 594. The first-order valence-electron chi connectivity index (χ1n) is 6.58. The van der Waals surface area contributed by atoms with E-state index in [1.54, 1.807) is 0 Å². The van der Waals surface area contributed by atoms with Crippen LogP contribution in [0.15, 0.2) is 17.3 Å². The molecule has 0 aliphatic carbocycles. The number of aromatic nitrogens is 2. The van der Waals surface area contributed by atoms with Gasteiger partial charge in [-0.3, -0.25) is 9.48 Å². The number of hydrogen-bond donors (Lipinski definition) is 1. The lowest BCUT2D eigenvalue weighted by Crippen LogP contribution is -2.38. The Kier molecular flexibility index (Phi) is 4.14. The Balaban J connectivity index is 2.26. The highest BCUT2D eigenvalue weighted by molar-refractivity contribution is 7.89. The van der Waals surface area contributed by atoms with Crippen molar-refractivity contribution in [2.24, 2.45) is 5.92 Å². The number of aliphatic carboxylic acids is 1. The number of rotatable bonds is 5. The quantitative estimate of drug-likeness (QED) is 0.867. The van der Waals surface area contributed by atoms with E-state index >= 15 is 0 Å². The molecule has 1 aromatic heterocycles. The molecule has 1 unspecified atom stereocenters. The van der Waals surface area contributed by atoms with Crippen molar-refractivity contribution >= 4 is 16.0 Å². The topological polar surface area (TPSA) is 92.5 Å². The van der Waals surface area contributed by atoms with E-state index in [-0.39, 0.29) is 23.4 Å². The zero-order valence-electron chi connectivity index (χ0n) is 11.6. The number of carbonyl (C=O) groups is 1. The third kappa shape index (κ3) is 2.85. The van der Waals surface area contributed by atoms with Gasteiger partial charge in [0.15, 0.2) is 0 Å². The molecule has 2 heterocycles. The minimum atomic E-state index is -3.59. The monoisotopic (exact) mass is 301 g/mol. The van der Waals surface area contributed by atoms with Crippen molar-refractivity contribution < 1.29 is 18.3 Å². The Labute approximate surface area is 118 Å². The van der Waals surface area contributed by atoms with Crippen LogP contribution < -0.4 is 0 Å². The molecule has 0 radical (unpaired) electrons. The summed E-state index contributed by atoms with van der Waals surface area (Å²) in [5.41, 5.74) is 0. The average molecular weight is 301 g/mol. The molecule has 1 aliphatic rings. The Hall–Kier alpha value is -1.41. The van der Waals surface area contributed by atoms with Crippen LogP contribution >= 0.6 is 0 Å². The molecule has 8 heteroatoms. The standard InChI is InChI=1S/C12H19N3O4S/c1-9(2)11-4-3-5-15(11)20(18,19)10-6-13-14(7-10)8-12(16)17/h6-7,9,11H,3-5,8H2,1-2H3,(H,16,17). The Morgan fingerprint density at radius 2 is 2.25 bits per heavy atom. The molecule has 0 amide bonds. The molecule has 1 aromatic rings. The summed E-state index contributed by atoms with van der Waals surface area (Å²) >= 11 is 0. The average Bonchev–Trinajstić information content (AvgIpc) is 2.95. The van der Waals surface area contributed by atoms with E-state index in [1.165, 1.54) is 16.7 Å². The zero-order valence-corrected chi connectivity index (χ0v) is 12.4. The molecule has 112 valence electrons. The molecule has 20 heavy (non-hydrogen) atoms. The summed E-state index contributed by atoms with van der Waals surface area (Å²) in [7, 11) is -3.59. The van der Waals surface area contributed by atoms with Gasteiger partial charge in [0.05, 0.1) is 6.20 Å². The van der Waals surface area contributed by atoms with Gasteiger partial charge in [-0.1, -0.05) is 13.8 Å². The maximum absolute atomic E-state index is 12.6. The van der Waals surface area contributed by atoms with Gasteiger partial charge in [0.2, 0.25) is 10.0 Å². The van der Waals surface area contributed by atoms with Gasteiger partial charge in [0.1, 0.15) is 11.4 Å². The Morgan fingerprint density at radius 1 is 1.55 bits per heavy atom. The lowest BCUT2D eigenvalue weighted by Gasteiger charge is -2.26. The first-order chi connectivity index (χ1) is 9.32. The molecule has 1 atom stereocenters. The molecular weight excluding hydrogens is 282 g/mol. The summed E-state index contributed by atoms with van der Waals surface area (Å²) in [6.07, 6.45) is 4.21. The fraction of sp³-hybridized carbons (Fsp3) is 0.667. The lowest BCUT2D eigenvalue weighted by molar-refractivity contribution is -0.137. The largest absolute Gasteiger partial charge is 0.480 e. The van der Waals surface area contributed by atoms with Crippen LogP contribution in [0.4, 0.5) is 0 Å². The molecular formula is C12H19N3O4S. The van der Waals surface area contributed by atoms with E-state index in [4.69, 9.17) is 5.11 Å². The molecule has 2 rings (SSSR count). The summed E-state index contributed by atoms with van der Waals surface area (Å²) in [6.45, 7) is 4.18. The first kappa shape index (κ1) is 15.0. The normalized spacial score (nSPS) is 20.6. The van der Waals surface area contributed by atoms with E-state index in [9.17, 15) is 13.2 Å². The summed E-state index contributed by atoms with van der Waals surface area (Å²) in [6, 6.07) is 0.00261. The second-order valence-corrected chi connectivity index (χ2v) is 7.23. The van der Waals surface area contributed by atoms with Gasteiger partial charge in [-0.15, -0.1) is 0 Å². The fourth-order valence-corrected chi connectivity index (χ4v) is 4.35. The van der Waals surface area contributed by atoms with Gasteiger partial charge in [0, 0.05) is 18.8 Å². The highest BCUT2D eigenvalue weighted by Gasteiger charge is 2.37. The van der Waals surface area contributed by atoms with E-state index in [0.29, 0.717) is 6.54 Å². The summed E-state index contributed by atoms with van der Waals surface area (Å²) < 4.78 is 27.8. The van der Waals surface area contributed by atoms with Crippen LogP contribution in [0.25, 0.3) is 0 Å². The van der Waals surface area contributed by atoms with Crippen LogP contribution in [-0.4, -0.2) is 46.2 Å². The van der Waals surface area contributed by atoms with Crippen LogP contribution in [0.2, 0.25) is 0 Å². The van der Waals surface area contributed by atoms with Gasteiger partial charge < -0.3 is 5.11 Å². The van der Waals surface area contributed by atoms with Crippen molar-refractivity contribution in [1.29, 1.82) is 0 Å². The first-order valence-corrected chi connectivity index (χ1v) is 8.02. The molecule has 1 aliphatic heterocycles. The molecule has 0 bridgehead atoms. The minimum Gasteiger partial charge on any atom is -0.480 e. The van der Waals surface area contributed by atoms with Crippen LogP contribution in [0, 0.1) is 5.92 Å². The van der Waals surface area contributed by atoms with Crippen LogP contribution in [0.1, 0.15) is 26.7 Å². The van der Waals surface area contributed by atoms with Gasteiger partial charge in [-0.05, 0) is 18.8 Å². The number of carboxylic acids is 1. The van der Waals surface area contributed by atoms with Crippen LogP contribution in [0.3, 0.4) is 0 Å². The van der Waals surface area contributed by atoms with Gasteiger partial charge >= 0.3 is 5.97 Å². The van der Waals surface area contributed by atoms with Crippen molar-refractivity contribution in [2.75, 3.05) is 6.54 Å². The fourth-order valence-electron chi connectivity index (χ4n) is 2.57. The molecule has 0 spiro atoms. The predicted octanol–water partition coefficient (Wildman–Crippen LogP) is 0.777. The molecule has 1 fully saturated rings. The molecule has 0 saturated carbocycles. The van der Waals surface area contributed by atoms with Crippen molar-refractivity contribution in [3.05, 3.63) is 12.4 Å². The Morgan fingerprint density at radius 3 is 2.85 bits per heavy atom. The van der Waals surface area contributed by atoms with Crippen LogP contribution in [-0.2, 0) is 21.4 Å². The van der Waals surface area contributed by atoms with Crippen molar-refractivity contribution in [3.63, 3.8) is 0 Å². The summed E-state index contributed by atoms with van der Waals surface area (Å²) in [5.74, 6) is -0.806. The van der Waals surface area contributed by atoms with E-state index in [2.05, 4.69) is 5.10 Å². The van der Waals surface area contributed by atoms with E-state index in [1.807, 2.05) is 13.8 Å².